The minimum Gasteiger partial charge on any atom is -0.345 e. The Morgan fingerprint density at radius 2 is 1.84 bits per heavy atom. The van der Waals surface area contributed by atoms with Gasteiger partial charge in [0.25, 0.3) is 0 Å². The summed E-state index contributed by atoms with van der Waals surface area (Å²) >= 11 is 0. The van der Waals surface area contributed by atoms with Crippen LogP contribution in [0.4, 0.5) is 0 Å². The van der Waals surface area contributed by atoms with Crippen molar-refractivity contribution in [3.05, 3.63) is 77.1 Å². The molecular weight excluding hydrogens is 310 g/mol. The van der Waals surface area contributed by atoms with Crippen molar-refractivity contribution in [2.24, 2.45) is 0 Å². The van der Waals surface area contributed by atoms with Gasteiger partial charge in [0.1, 0.15) is 5.82 Å². The van der Waals surface area contributed by atoms with Gasteiger partial charge in [0.05, 0.1) is 17.6 Å². The molecule has 25 heavy (non-hydrogen) atoms. The van der Waals surface area contributed by atoms with Crippen LogP contribution in [0.3, 0.4) is 0 Å². The van der Waals surface area contributed by atoms with Gasteiger partial charge in [-0.05, 0) is 38.5 Å². The number of imidazole rings is 1. The summed E-state index contributed by atoms with van der Waals surface area (Å²) in [5.41, 5.74) is 5.46. The molecule has 0 atom stereocenters. The summed E-state index contributed by atoms with van der Waals surface area (Å²) in [6.07, 6.45) is 1.60. The third-order valence-corrected chi connectivity index (χ3v) is 4.04. The summed E-state index contributed by atoms with van der Waals surface area (Å²) in [4.78, 5) is 16.6. The Bertz CT molecular complexity index is 916. The second-order valence-corrected chi connectivity index (χ2v) is 6.53. The molecule has 0 unspecified atom stereocenters. The van der Waals surface area contributed by atoms with E-state index in [1.54, 1.807) is 6.08 Å². The van der Waals surface area contributed by atoms with E-state index in [1.807, 2.05) is 32.0 Å². The zero-order valence-electron chi connectivity index (χ0n) is 14.9. The summed E-state index contributed by atoms with van der Waals surface area (Å²) in [6, 6.07) is 16.6. The number of amides is 1. The lowest BCUT2D eigenvalue weighted by Gasteiger charge is -2.10. The number of carbonyl (C=O) groups excluding carboxylic acids is 1. The number of allylic oxidation sites excluding steroid dienone is 1. The van der Waals surface area contributed by atoms with Gasteiger partial charge in [0, 0.05) is 12.6 Å². The molecule has 0 aliphatic carbocycles. The minimum atomic E-state index is -0.0889. The van der Waals surface area contributed by atoms with Crippen molar-refractivity contribution in [1.29, 1.82) is 0 Å². The van der Waals surface area contributed by atoms with Crippen LogP contribution in [-0.4, -0.2) is 15.5 Å². The van der Waals surface area contributed by atoms with Gasteiger partial charge < -0.3 is 9.88 Å². The molecule has 1 amide bonds. The zero-order valence-corrected chi connectivity index (χ0v) is 14.9. The average molecular weight is 333 g/mol. The van der Waals surface area contributed by atoms with E-state index in [0.717, 1.165) is 29.0 Å². The molecule has 0 bridgehead atoms. The van der Waals surface area contributed by atoms with E-state index in [9.17, 15) is 4.79 Å². The fourth-order valence-electron chi connectivity index (χ4n) is 2.79. The van der Waals surface area contributed by atoms with Crippen LogP contribution in [0.15, 0.2) is 60.2 Å². The topological polar surface area (TPSA) is 46.9 Å². The van der Waals surface area contributed by atoms with Crippen LogP contribution in [0.2, 0.25) is 0 Å². The molecule has 0 fully saturated rings. The van der Waals surface area contributed by atoms with Crippen molar-refractivity contribution in [2.75, 3.05) is 0 Å². The number of hydrogen-bond acceptors (Lipinski definition) is 2. The maximum Gasteiger partial charge on any atom is 0.244 e. The van der Waals surface area contributed by atoms with Crippen molar-refractivity contribution in [1.82, 2.24) is 14.9 Å². The number of aryl methyl sites for hydroxylation is 1. The Balaban J connectivity index is 1.90. The highest BCUT2D eigenvalue weighted by atomic mass is 16.1. The van der Waals surface area contributed by atoms with Crippen molar-refractivity contribution in [2.45, 2.75) is 33.9 Å². The summed E-state index contributed by atoms with van der Waals surface area (Å²) in [5, 5.41) is 2.93. The minimum absolute atomic E-state index is 0.0889. The van der Waals surface area contributed by atoms with Crippen LogP contribution in [0, 0.1) is 6.92 Å². The lowest BCUT2D eigenvalue weighted by atomic mass is 10.1. The fraction of sp³-hybridized carbons (Fsp3) is 0.238. The lowest BCUT2D eigenvalue weighted by molar-refractivity contribution is -0.116. The van der Waals surface area contributed by atoms with Crippen molar-refractivity contribution in [3.63, 3.8) is 0 Å². The molecule has 1 N–H and O–H groups in total. The van der Waals surface area contributed by atoms with Gasteiger partial charge in [-0.2, -0.15) is 0 Å². The molecule has 0 aliphatic heterocycles. The van der Waals surface area contributed by atoms with Crippen molar-refractivity contribution >= 4 is 16.9 Å². The SMILES string of the molecule is CC(C)=CC(=O)NCc1nc2ccccc2n1Cc1ccc(C)cc1. The average Bonchev–Trinajstić information content (AvgIpc) is 2.92. The monoisotopic (exact) mass is 333 g/mol. The fourth-order valence-corrected chi connectivity index (χ4v) is 2.79. The smallest absolute Gasteiger partial charge is 0.244 e. The predicted molar refractivity (Wildman–Crippen MR) is 101 cm³/mol. The molecule has 1 heterocycles. The highest BCUT2D eigenvalue weighted by Gasteiger charge is 2.11. The number of aromatic nitrogens is 2. The lowest BCUT2D eigenvalue weighted by Crippen LogP contribution is -2.23. The van der Waals surface area contributed by atoms with E-state index in [4.69, 9.17) is 4.98 Å². The molecule has 0 saturated heterocycles. The number of hydrogen-bond donors (Lipinski definition) is 1. The predicted octanol–water partition coefficient (Wildman–Crippen LogP) is 3.98. The van der Waals surface area contributed by atoms with Gasteiger partial charge in [-0.1, -0.05) is 47.5 Å². The van der Waals surface area contributed by atoms with Gasteiger partial charge in [0.15, 0.2) is 0 Å². The number of benzene rings is 2. The van der Waals surface area contributed by atoms with Gasteiger partial charge in [0.2, 0.25) is 5.91 Å². The molecule has 0 saturated carbocycles. The molecule has 4 nitrogen and oxygen atoms in total. The number of carbonyl (C=O) groups is 1. The quantitative estimate of drug-likeness (QED) is 0.718. The standard InChI is InChI=1S/C21H23N3O/c1-15(2)12-21(25)22-13-20-23-18-6-4-5-7-19(18)24(20)14-17-10-8-16(3)9-11-17/h4-12H,13-14H2,1-3H3,(H,22,25). The Labute approximate surface area is 148 Å². The highest BCUT2D eigenvalue weighted by molar-refractivity contribution is 5.88. The summed E-state index contributed by atoms with van der Waals surface area (Å²) < 4.78 is 2.17. The zero-order chi connectivity index (χ0) is 17.8. The molecule has 128 valence electrons. The van der Waals surface area contributed by atoms with Crippen LogP contribution in [0.1, 0.15) is 30.8 Å². The molecular formula is C21H23N3O. The van der Waals surface area contributed by atoms with E-state index >= 15 is 0 Å². The largest absolute Gasteiger partial charge is 0.345 e. The maximum atomic E-state index is 11.9. The van der Waals surface area contributed by atoms with Crippen LogP contribution in [-0.2, 0) is 17.9 Å². The molecule has 0 spiro atoms. The Hall–Kier alpha value is -2.88. The maximum absolute atomic E-state index is 11.9. The summed E-state index contributed by atoms with van der Waals surface area (Å²) in [5.74, 6) is 0.770. The van der Waals surface area contributed by atoms with Crippen LogP contribution in [0.5, 0.6) is 0 Å². The van der Waals surface area contributed by atoms with Crippen molar-refractivity contribution < 1.29 is 4.79 Å². The van der Waals surface area contributed by atoms with Crippen LogP contribution < -0.4 is 5.32 Å². The number of fused-ring (bicyclic) bond motifs is 1. The van der Waals surface area contributed by atoms with E-state index in [-0.39, 0.29) is 5.91 Å². The second kappa shape index (κ2) is 7.34. The van der Waals surface area contributed by atoms with E-state index < -0.39 is 0 Å². The van der Waals surface area contributed by atoms with Crippen LogP contribution in [0.25, 0.3) is 11.0 Å². The first-order valence-electron chi connectivity index (χ1n) is 8.45. The van der Waals surface area contributed by atoms with Crippen molar-refractivity contribution in [3.8, 4) is 0 Å². The molecule has 0 aliphatic rings. The first-order chi connectivity index (χ1) is 12.0. The number of para-hydroxylation sites is 2. The third-order valence-electron chi connectivity index (χ3n) is 4.04. The molecule has 1 aromatic heterocycles. The summed E-state index contributed by atoms with van der Waals surface area (Å²) in [6.45, 7) is 7.04. The van der Waals surface area contributed by atoms with E-state index in [1.165, 1.54) is 11.1 Å². The third kappa shape index (κ3) is 4.15. The Morgan fingerprint density at radius 1 is 1.12 bits per heavy atom. The number of nitrogens with one attached hydrogen (secondary N) is 1. The molecule has 3 rings (SSSR count). The molecule has 4 heteroatoms. The molecule has 0 radical (unpaired) electrons. The first-order valence-corrected chi connectivity index (χ1v) is 8.45. The highest BCUT2D eigenvalue weighted by Crippen LogP contribution is 2.18. The van der Waals surface area contributed by atoms with Crippen LogP contribution >= 0.6 is 0 Å². The van der Waals surface area contributed by atoms with Gasteiger partial charge in [-0.15, -0.1) is 0 Å². The molecule has 3 aromatic rings. The van der Waals surface area contributed by atoms with Gasteiger partial charge in [-0.3, -0.25) is 4.79 Å². The summed E-state index contributed by atoms with van der Waals surface area (Å²) in [7, 11) is 0. The Morgan fingerprint density at radius 3 is 2.56 bits per heavy atom. The van der Waals surface area contributed by atoms with Gasteiger partial charge >= 0.3 is 0 Å². The number of nitrogens with zero attached hydrogens (tertiary/aromatic N) is 2. The second-order valence-electron chi connectivity index (χ2n) is 6.53. The number of rotatable bonds is 5. The van der Waals surface area contributed by atoms with E-state index in [0.29, 0.717) is 6.54 Å². The Kier molecular flexibility index (Phi) is 4.98. The molecule has 2 aromatic carbocycles. The van der Waals surface area contributed by atoms with E-state index in [2.05, 4.69) is 47.1 Å². The first kappa shape index (κ1) is 17.0. The normalized spacial score (nSPS) is 10.7. The van der Waals surface area contributed by atoms with Gasteiger partial charge in [-0.25, -0.2) is 4.98 Å².